The van der Waals surface area contributed by atoms with Gasteiger partial charge in [0.05, 0.1) is 13.1 Å². The first-order chi connectivity index (χ1) is 11.9. The van der Waals surface area contributed by atoms with Crippen LogP contribution in [0.5, 0.6) is 0 Å². The van der Waals surface area contributed by atoms with Crippen LogP contribution in [0.2, 0.25) is 0 Å². The highest BCUT2D eigenvalue weighted by Gasteiger charge is 2.15. The number of aromatic nitrogens is 2. The van der Waals surface area contributed by atoms with E-state index in [2.05, 4.69) is 11.2 Å². The fourth-order valence-electron chi connectivity index (χ4n) is 2.41. The monoisotopic (exact) mass is 340 g/mol. The summed E-state index contributed by atoms with van der Waals surface area (Å²) in [4.78, 5) is 37.7. The fraction of sp³-hybridized carbons (Fsp3) is 0.278. The molecule has 2 rings (SSSR count). The van der Waals surface area contributed by atoms with Crippen molar-refractivity contribution < 1.29 is 4.79 Å². The Bertz CT molecular complexity index is 950. The van der Waals surface area contributed by atoms with Crippen LogP contribution in [0.25, 0.3) is 0 Å². The molecular weight excluding hydrogens is 320 g/mol. The molecule has 0 saturated heterocycles. The zero-order chi connectivity index (χ0) is 18.6. The number of benzene rings is 1. The minimum Gasteiger partial charge on any atom is -0.358 e. The molecule has 0 spiro atoms. The summed E-state index contributed by atoms with van der Waals surface area (Å²) in [7, 11) is 4.56. The molecule has 0 fully saturated rings. The second-order valence-electron chi connectivity index (χ2n) is 5.60. The minimum atomic E-state index is -0.417. The number of nitrogens with one attached hydrogen (secondary N) is 1. The summed E-state index contributed by atoms with van der Waals surface area (Å²) in [6, 6.07) is 8.58. The number of hydrogen-bond donors (Lipinski definition) is 1. The molecule has 0 aliphatic carbocycles. The highest BCUT2D eigenvalue weighted by molar-refractivity contribution is 5.81. The molecule has 0 unspecified atom stereocenters. The molecule has 25 heavy (non-hydrogen) atoms. The van der Waals surface area contributed by atoms with Crippen molar-refractivity contribution in [3.8, 4) is 12.3 Å². The van der Waals surface area contributed by atoms with E-state index < -0.39 is 11.2 Å². The van der Waals surface area contributed by atoms with Gasteiger partial charge in [0.25, 0.3) is 5.56 Å². The van der Waals surface area contributed by atoms with E-state index >= 15 is 0 Å². The van der Waals surface area contributed by atoms with Crippen LogP contribution in [0.15, 0.2) is 39.9 Å². The lowest BCUT2D eigenvalue weighted by atomic mass is 10.2. The summed E-state index contributed by atoms with van der Waals surface area (Å²) < 4.78 is 2.43. The second-order valence-corrected chi connectivity index (χ2v) is 5.60. The van der Waals surface area contributed by atoms with Gasteiger partial charge >= 0.3 is 5.69 Å². The average molecular weight is 340 g/mol. The number of terminal acetylenes is 1. The third-order valence-corrected chi connectivity index (χ3v) is 3.97. The molecule has 2 aromatic rings. The van der Waals surface area contributed by atoms with Gasteiger partial charge < -0.3 is 10.2 Å². The molecule has 7 heteroatoms. The number of rotatable bonds is 5. The minimum absolute atomic E-state index is 0.0634. The number of carbonyl (C=O) groups excluding carboxylic acids is 1. The van der Waals surface area contributed by atoms with E-state index in [4.69, 9.17) is 6.42 Å². The first-order valence-electron chi connectivity index (χ1n) is 7.65. The Morgan fingerprint density at radius 1 is 1.24 bits per heavy atom. The number of likely N-dealkylation sites (N-methyl/N-ethyl adjacent to an activating group) is 1. The van der Waals surface area contributed by atoms with E-state index in [0.29, 0.717) is 11.3 Å². The Kier molecular flexibility index (Phi) is 5.45. The molecule has 0 radical (unpaired) electrons. The summed E-state index contributed by atoms with van der Waals surface area (Å²) in [5.74, 6) is 2.36. The molecule has 0 atom stereocenters. The number of amides is 1. The van der Waals surface area contributed by atoms with Crippen LogP contribution in [0.1, 0.15) is 11.3 Å². The van der Waals surface area contributed by atoms with Gasteiger partial charge in [-0.15, -0.1) is 6.42 Å². The average Bonchev–Trinajstić information content (AvgIpc) is 2.63. The summed E-state index contributed by atoms with van der Waals surface area (Å²) in [5.41, 5.74) is 1.10. The molecule has 1 heterocycles. The highest BCUT2D eigenvalue weighted by atomic mass is 16.2. The van der Waals surface area contributed by atoms with Crippen molar-refractivity contribution in [1.82, 2.24) is 14.5 Å². The SMILES string of the molecule is C#Cc1cccc(N(CC(=O)NC)Cc2cc(=O)n(C)c(=O)n2C)c1. The van der Waals surface area contributed by atoms with Crippen molar-refractivity contribution in [2.45, 2.75) is 6.54 Å². The molecule has 0 bridgehead atoms. The van der Waals surface area contributed by atoms with E-state index in [0.717, 1.165) is 10.3 Å². The number of nitrogens with zero attached hydrogens (tertiary/aromatic N) is 3. The largest absolute Gasteiger partial charge is 0.358 e. The van der Waals surface area contributed by atoms with Crippen LogP contribution < -0.4 is 21.5 Å². The van der Waals surface area contributed by atoms with Gasteiger partial charge in [0.15, 0.2) is 0 Å². The fourth-order valence-corrected chi connectivity index (χ4v) is 2.41. The lowest BCUT2D eigenvalue weighted by Crippen LogP contribution is -2.41. The lowest BCUT2D eigenvalue weighted by Gasteiger charge is -2.25. The smallest absolute Gasteiger partial charge is 0.330 e. The normalized spacial score (nSPS) is 10.2. The van der Waals surface area contributed by atoms with Gasteiger partial charge in [-0.2, -0.15) is 0 Å². The van der Waals surface area contributed by atoms with E-state index in [9.17, 15) is 14.4 Å². The van der Waals surface area contributed by atoms with Crippen molar-refractivity contribution in [2.75, 3.05) is 18.5 Å². The van der Waals surface area contributed by atoms with Gasteiger partial charge in [0.2, 0.25) is 5.91 Å². The van der Waals surface area contributed by atoms with E-state index in [1.54, 1.807) is 37.2 Å². The molecule has 0 aliphatic heterocycles. The second kappa shape index (κ2) is 7.53. The molecular formula is C18H20N4O3. The maximum atomic E-state index is 12.1. The third kappa shape index (κ3) is 3.98. The van der Waals surface area contributed by atoms with Gasteiger partial charge in [0.1, 0.15) is 0 Å². The number of anilines is 1. The zero-order valence-electron chi connectivity index (χ0n) is 14.4. The predicted octanol–water partition coefficient (Wildman–Crippen LogP) is -0.182. The van der Waals surface area contributed by atoms with Crippen LogP contribution in [0.4, 0.5) is 5.69 Å². The van der Waals surface area contributed by atoms with Gasteiger partial charge in [-0.25, -0.2) is 4.79 Å². The Balaban J connectivity index is 2.47. The van der Waals surface area contributed by atoms with Gasteiger partial charge in [-0.3, -0.25) is 18.7 Å². The van der Waals surface area contributed by atoms with Crippen molar-refractivity contribution in [2.24, 2.45) is 14.1 Å². The summed E-state index contributed by atoms with van der Waals surface area (Å²) in [5, 5.41) is 2.57. The number of carbonyl (C=O) groups is 1. The Morgan fingerprint density at radius 2 is 1.96 bits per heavy atom. The summed E-state index contributed by atoms with van der Waals surface area (Å²) >= 11 is 0. The molecule has 1 N–H and O–H groups in total. The maximum Gasteiger partial charge on any atom is 0.330 e. The number of hydrogen-bond acceptors (Lipinski definition) is 4. The molecule has 130 valence electrons. The Morgan fingerprint density at radius 3 is 2.60 bits per heavy atom. The molecule has 1 amide bonds. The highest BCUT2D eigenvalue weighted by Crippen LogP contribution is 2.18. The predicted molar refractivity (Wildman–Crippen MR) is 96.4 cm³/mol. The maximum absolute atomic E-state index is 12.1. The lowest BCUT2D eigenvalue weighted by molar-refractivity contribution is -0.119. The zero-order valence-corrected chi connectivity index (χ0v) is 14.4. The van der Waals surface area contributed by atoms with Crippen LogP contribution >= 0.6 is 0 Å². The first kappa shape index (κ1) is 18.1. The topological polar surface area (TPSA) is 76.3 Å². The third-order valence-electron chi connectivity index (χ3n) is 3.97. The Hall–Kier alpha value is -3.27. The van der Waals surface area contributed by atoms with Crippen LogP contribution in [-0.4, -0.2) is 28.6 Å². The molecule has 1 aromatic carbocycles. The summed E-state index contributed by atoms with van der Waals surface area (Å²) in [6.07, 6.45) is 5.44. The van der Waals surface area contributed by atoms with Gasteiger partial charge in [-0.05, 0) is 18.2 Å². The van der Waals surface area contributed by atoms with Gasteiger partial charge in [0, 0.05) is 44.2 Å². The van der Waals surface area contributed by atoms with Gasteiger partial charge in [-0.1, -0.05) is 12.0 Å². The molecule has 0 aliphatic rings. The van der Waals surface area contributed by atoms with Crippen molar-refractivity contribution in [1.29, 1.82) is 0 Å². The summed E-state index contributed by atoms with van der Waals surface area (Å²) in [6.45, 7) is 0.275. The van der Waals surface area contributed by atoms with Crippen LogP contribution in [-0.2, 0) is 25.4 Å². The first-order valence-corrected chi connectivity index (χ1v) is 7.65. The van der Waals surface area contributed by atoms with Crippen molar-refractivity contribution in [3.05, 3.63) is 62.4 Å². The van der Waals surface area contributed by atoms with Crippen molar-refractivity contribution in [3.63, 3.8) is 0 Å². The molecule has 0 saturated carbocycles. The molecule has 7 nitrogen and oxygen atoms in total. The Labute approximate surface area is 145 Å². The van der Waals surface area contributed by atoms with Crippen LogP contribution in [0.3, 0.4) is 0 Å². The van der Waals surface area contributed by atoms with Crippen molar-refractivity contribution >= 4 is 11.6 Å². The van der Waals surface area contributed by atoms with E-state index in [-0.39, 0.29) is 19.0 Å². The standard InChI is InChI=1S/C18H20N4O3/c1-5-13-7-6-8-14(9-13)22(12-16(23)19-2)11-15-10-17(24)21(4)18(25)20(15)3/h1,6-10H,11-12H2,2-4H3,(H,19,23). The van der Waals surface area contributed by atoms with Crippen LogP contribution in [0, 0.1) is 12.3 Å². The van der Waals surface area contributed by atoms with E-state index in [1.165, 1.54) is 17.7 Å². The quantitative estimate of drug-likeness (QED) is 0.766. The van der Waals surface area contributed by atoms with E-state index in [1.807, 2.05) is 6.07 Å². The molecule has 1 aromatic heterocycles.